The molecule has 0 amide bonds. The maximum Gasteiger partial charge on any atom is 0.109 e. The van der Waals surface area contributed by atoms with E-state index in [2.05, 4.69) is 34.8 Å². The number of hydrogen-bond acceptors (Lipinski definition) is 1. The Kier molecular flexibility index (Phi) is 1.61. The number of fused-ring (bicyclic) bond motifs is 1. The van der Waals surface area contributed by atoms with E-state index >= 15 is 0 Å². The lowest BCUT2D eigenvalue weighted by atomic mass is 10.3. The molecule has 0 saturated carbocycles. The van der Waals surface area contributed by atoms with Crippen LogP contribution in [0, 0.1) is 6.92 Å². The van der Waals surface area contributed by atoms with E-state index in [0.717, 1.165) is 12.2 Å². The van der Waals surface area contributed by atoms with E-state index in [4.69, 9.17) is 0 Å². The Labute approximate surface area is 72.2 Å². The van der Waals surface area contributed by atoms with Crippen LogP contribution in [0.1, 0.15) is 18.4 Å². The first-order valence-electron chi connectivity index (χ1n) is 4.15. The van der Waals surface area contributed by atoms with Crippen molar-refractivity contribution >= 4 is 6.20 Å². The molecule has 2 nitrogen and oxygen atoms in total. The zero-order valence-corrected chi connectivity index (χ0v) is 7.41. The van der Waals surface area contributed by atoms with Gasteiger partial charge in [-0.1, -0.05) is 12.2 Å². The van der Waals surface area contributed by atoms with Crippen LogP contribution in [0.15, 0.2) is 23.9 Å². The molecule has 0 aliphatic carbocycles. The first-order chi connectivity index (χ1) is 5.77. The fraction of sp³-hybridized carbons (Fsp3) is 0.300. The normalized spacial score (nSPS) is 15.3. The third-order valence-electron chi connectivity index (χ3n) is 2.10. The maximum absolute atomic E-state index is 4.26. The molecule has 0 bridgehead atoms. The molecule has 0 fully saturated rings. The lowest BCUT2D eigenvalue weighted by molar-refractivity contribution is 0.970. The molecule has 0 unspecified atom stereocenters. The first-order valence-corrected chi connectivity index (χ1v) is 4.15. The SMILES string of the molecule is CC1=Cn2c(cnc2C)CC=C1. The lowest BCUT2D eigenvalue weighted by Crippen LogP contribution is -1.94. The molecule has 12 heavy (non-hydrogen) atoms. The van der Waals surface area contributed by atoms with Gasteiger partial charge >= 0.3 is 0 Å². The summed E-state index contributed by atoms with van der Waals surface area (Å²) in [6.07, 6.45) is 9.36. The van der Waals surface area contributed by atoms with Gasteiger partial charge in [0.25, 0.3) is 0 Å². The molecule has 1 aromatic heterocycles. The average molecular weight is 160 g/mol. The van der Waals surface area contributed by atoms with E-state index in [1.807, 2.05) is 13.1 Å². The van der Waals surface area contributed by atoms with E-state index in [9.17, 15) is 0 Å². The largest absolute Gasteiger partial charge is 0.307 e. The van der Waals surface area contributed by atoms with Crippen molar-refractivity contribution in [2.24, 2.45) is 0 Å². The van der Waals surface area contributed by atoms with Gasteiger partial charge in [0.2, 0.25) is 0 Å². The monoisotopic (exact) mass is 160 g/mol. The highest BCUT2D eigenvalue weighted by atomic mass is 15.1. The van der Waals surface area contributed by atoms with E-state index in [0.29, 0.717) is 0 Å². The summed E-state index contributed by atoms with van der Waals surface area (Å²) < 4.78 is 2.15. The predicted molar refractivity (Wildman–Crippen MR) is 49.8 cm³/mol. The Morgan fingerprint density at radius 3 is 3.08 bits per heavy atom. The number of aromatic nitrogens is 2. The standard InChI is InChI=1S/C10H12N2/c1-8-4-3-5-10-6-11-9(2)12(10)7-8/h3-4,6-7H,5H2,1-2H3. The Hall–Kier alpha value is -1.31. The summed E-state index contributed by atoms with van der Waals surface area (Å²) in [6.45, 7) is 4.13. The van der Waals surface area contributed by atoms with Crippen molar-refractivity contribution in [3.8, 4) is 0 Å². The number of aryl methyl sites for hydroxylation is 1. The summed E-state index contributed by atoms with van der Waals surface area (Å²) >= 11 is 0. The molecule has 1 aliphatic rings. The molecule has 0 radical (unpaired) electrons. The third-order valence-corrected chi connectivity index (χ3v) is 2.10. The second kappa shape index (κ2) is 2.63. The summed E-state index contributed by atoms with van der Waals surface area (Å²) in [7, 11) is 0. The smallest absolute Gasteiger partial charge is 0.109 e. The van der Waals surface area contributed by atoms with E-state index in [1.54, 1.807) is 0 Å². The van der Waals surface area contributed by atoms with Gasteiger partial charge in [-0.05, 0) is 19.4 Å². The molecule has 0 spiro atoms. The molecule has 0 N–H and O–H groups in total. The number of rotatable bonds is 0. The Morgan fingerprint density at radius 1 is 1.42 bits per heavy atom. The molecule has 62 valence electrons. The number of allylic oxidation sites excluding steroid dienone is 3. The molecule has 2 heterocycles. The highest BCUT2D eigenvalue weighted by Gasteiger charge is 2.04. The first kappa shape index (κ1) is 7.35. The minimum absolute atomic E-state index is 0.981. The Bertz CT molecular complexity index is 356. The van der Waals surface area contributed by atoms with Crippen molar-refractivity contribution in [1.29, 1.82) is 0 Å². The molecular weight excluding hydrogens is 148 g/mol. The van der Waals surface area contributed by atoms with Crippen LogP contribution in [0.2, 0.25) is 0 Å². The second-order valence-corrected chi connectivity index (χ2v) is 3.15. The Morgan fingerprint density at radius 2 is 2.25 bits per heavy atom. The minimum atomic E-state index is 0.981. The van der Waals surface area contributed by atoms with Gasteiger partial charge in [-0.2, -0.15) is 0 Å². The fourth-order valence-electron chi connectivity index (χ4n) is 1.44. The molecule has 0 aromatic carbocycles. The molecule has 0 atom stereocenters. The van der Waals surface area contributed by atoms with Crippen LogP contribution in [-0.2, 0) is 6.42 Å². The fourth-order valence-corrected chi connectivity index (χ4v) is 1.44. The maximum atomic E-state index is 4.26. The zero-order chi connectivity index (χ0) is 8.55. The minimum Gasteiger partial charge on any atom is -0.307 e. The molecule has 1 aromatic rings. The van der Waals surface area contributed by atoms with Crippen LogP contribution in [0.3, 0.4) is 0 Å². The van der Waals surface area contributed by atoms with Crippen molar-refractivity contribution in [2.75, 3.05) is 0 Å². The number of nitrogens with zero attached hydrogens (tertiary/aromatic N) is 2. The topological polar surface area (TPSA) is 17.8 Å². The molecule has 2 rings (SSSR count). The molecule has 1 aliphatic heterocycles. The zero-order valence-electron chi connectivity index (χ0n) is 7.41. The summed E-state index contributed by atoms with van der Waals surface area (Å²) in [5, 5.41) is 0. The van der Waals surface area contributed by atoms with Crippen molar-refractivity contribution < 1.29 is 0 Å². The number of hydrogen-bond donors (Lipinski definition) is 0. The summed E-state index contributed by atoms with van der Waals surface area (Å²) in [4.78, 5) is 4.26. The van der Waals surface area contributed by atoms with Crippen LogP contribution in [0.4, 0.5) is 0 Å². The van der Waals surface area contributed by atoms with Gasteiger partial charge in [-0.3, -0.25) is 0 Å². The summed E-state index contributed by atoms with van der Waals surface area (Å²) in [5.41, 5.74) is 2.54. The van der Waals surface area contributed by atoms with Crippen LogP contribution < -0.4 is 0 Å². The van der Waals surface area contributed by atoms with Crippen LogP contribution in [-0.4, -0.2) is 9.55 Å². The van der Waals surface area contributed by atoms with E-state index in [-0.39, 0.29) is 0 Å². The summed E-state index contributed by atoms with van der Waals surface area (Å²) in [5.74, 6) is 1.06. The van der Waals surface area contributed by atoms with Crippen LogP contribution in [0.5, 0.6) is 0 Å². The van der Waals surface area contributed by atoms with Gasteiger partial charge in [-0.15, -0.1) is 0 Å². The van der Waals surface area contributed by atoms with Gasteiger partial charge < -0.3 is 4.57 Å². The van der Waals surface area contributed by atoms with Crippen molar-refractivity contribution in [3.63, 3.8) is 0 Å². The van der Waals surface area contributed by atoms with E-state index in [1.165, 1.54) is 11.3 Å². The molecular formula is C10H12N2. The van der Waals surface area contributed by atoms with Crippen molar-refractivity contribution in [1.82, 2.24) is 9.55 Å². The van der Waals surface area contributed by atoms with Gasteiger partial charge in [-0.25, -0.2) is 4.98 Å². The van der Waals surface area contributed by atoms with Gasteiger partial charge in [0.15, 0.2) is 0 Å². The van der Waals surface area contributed by atoms with Crippen LogP contribution in [0.25, 0.3) is 6.20 Å². The van der Waals surface area contributed by atoms with Gasteiger partial charge in [0.1, 0.15) is 5.82 Å². The highest BCUT2D eigenvalue weighted by Crippen LogP contribution is 2.13. The van der Waals surface area contributed by atoms with E-state index < -0.39 is 0 Å². The number of imidazole rings is 1. The molecule has 2 heteroatoms. The lowest BCUT2D eigenvalue weighted by Gasteiger charge is -2.00. The van der Waals surface area contributed by atoms with Crippen LogP contribution >= 0.6 is 0 Å². The van der Waals surface area contributed by atoms with Crippen molar-refractivity contribution in [3.05, 3.63) is 35.4 Å². The Balaban J connectivity index is 2.57. The second-order valence-electron chi connectivity index (χ2n) is 3.15. The third kappa shape index (κ3) is 1.09. The van der Waals surface area contributed by atoms with Crippen molar-refractivity contribution in [2.45, 2.75) is 20.3 Å². The molecule has 0 saturated heterocycles. The summed E-state index contributed by atoms with van der Waals surface area (Å²) in [6, 6.07) is 0. The highest BCUT2D eigenvalue weighted by molar-refractivity contribution is 5.42. The predicted octanol–water partition coefficient (Wildman–Crippen LogP) is 2.16. The quantitative estimate of drug-likeness (QED) is 0.568. The van der Waals surface area contributed by atoms with Gasteiger partial charge in [0, 0.05) is 24.5 Å². The van der Waals surface area contributed by atoms with Gasteiger partial charge in [0.05, 0.1) is 0 Å². The average Bonchev–Trinajstić information content (AvgIpc) is 2.31.